The van der Waals surface area contributed by atoms with E-state index in [-0.39, 0.29) is 30.3 Å². The van der Waals surface area contributed by atoms with Crippen molar-refractivity contribution in [2.45, 2.75) is 88.3 Å². The van der Waals surface area contributed by atoms with Crippen LogP contribution in [0.4, 0.5) is 5.69 Å². The summed E-state index contributed by atoms with van der Waals surface area (Å²) in [6.07, 6.45) is 9.02. The number of hydrogen-bond acceptors (Lipinski definition) is 4. The van der Waals surface area contributed by atoms with E-state index in [1.807, 2.05) is 47.4 Å². The van der Waals surface area contributed by atoms with Crippen LogP contribution in [0.1, 0.15) is 95.9 Å². The highest BCUT2D eigenvalue weighted by Crippen LogP contribution is 2.37. The normalized spacial score (nSPS) is 19.9. The largest absolute Gasteiger partial charge is 0.390 e. The van der Waals surface area contributed by atoms with Gasteiger partial charge in [0.05, 0.1) is 12.1 Å². The van der Waals surface area contributed by atoms with Crippen molar-refractivity contribution in [3.63, 3.8) is 0 Å². The third kappa shape index (κ3) is 7.49. The Morgan fingerprint density at radius 3 is 2.44 bits per heavy atom. The lowest BCUT2D eigenvalue weighted by atomic mass is 9.87. The van der Waals surface area contributed by atoms with E-state index in [2.05, 4.69) is 41.0 Å². The number of aliphatic hydroxyl groups is 1. The third-order valence-electron chi connectivity index (χ3n) is 9.44. The Morgan fingerprint density at radius 1 is 0.907 bits per heavy atom. The smallest absolute Gasteiger partial charge is 0.251 e. The zero-order valence-corrected chi connectivity index (χ0v) is 25.7. The summed E-state index contributed by atoms with van der Waals surface area (Å²) in [5.41, 5.74) is 6.28. The average Bonchev–Trinajstić information content (AvgIpc) is 3.72. The van der Waals surface area contributed by atoms with Gasteiger partial charge in [0, 0.05) is 36.8 Å². The first kappa shape index (κ1) is 31.2. The summed E-state index contributed by atoms with van der Waals surface area (Å²) in [6, 6.07) is 24.3. The molecule has 6 nitrogen and oxygen atoms in total. The van der Waals surface area contributed by atoms with Crippen molar-refractivity contribution in [3.05, 3.63) is 101 Å². The lowest BCUT2D eigenvalue weighted by Gasteiger charge is -2.30. The van der Waals surface area contributed by atoms with Crippen LogP contribution in [-0.4, -0.2) is 42.2 Å². The maximum absolute atomic E-state index is 13.9. The van der Waals surface area contributed by atoms with Crippen LogP contribution >= 0.6 is 12.4 Å². The highest BCUT2D eigenvalue weighted by Gasteiger charge is 2.28. The summed E-state index contributed by atoms with van der Waals surface area (Å²) in [4.78, 5) is 28.3. The second kappa shape index (κ2) is 14.5. The Hall–Kier alpha value is -3.19. The second-order valence-electron chi connectivity index (χ2n) is 12.3. The highest BCUT2D eigenvalue weighted by atomic mass is 35.5. The van der Waals surface area contributed by atoms with Gasteiger partial charge >= 0.3 is 0 Å². The summed E-state index contributed by atoms with van der Waals surface area (Å²) in [5, 5.41) is 18.3. The number of benzene rings is 3. The second-order valence-corrected chi connectivity index (χ2v) is 12.3. The van der Waals surface area contributed by atoms with Crippen LogP contribution in [0.3, 0.4) is 0 Å². The van der Waals surface area contributed by atoms with Crippen molar-refractivity contribution in [2.75, 3.05) is 18.0 Å². The lowest BCUT2D eigenvalue weighted by molar-refractivity contribution is -0.117. The van der Waals surface area contributed by atoms with Crippen molar-refractivity contribution < 1.29 is 14.7 Å². The van der Waals surface area contributed by atoms with Crippen LogP contribution in [0.2, 0.25) is 0 Å². The molecule has 0 spiro atoms. The minimum Gasteiger partial charge on any atom is -0.390 e. The molecule has 1 saturated carbocycles. The number of carbonyl (C=O) groups excluding carboxylic acids is 2. The number of rotatable bonds is 10. The molecule has 2 fully saturated rings. The molecule has 1 saturated heterocycles. The number of hydrogen-bond donors (Lipinski definition) is 3. The predicted octanol–water partition coefficient (Wildman–Crippen LogP) is 6.26. The van der Waals surface area contributed by atoms with Gasteiger partial charge in [0.25, 0.3) is 5.91 Å². The zero-order valence-electron chi connectivity index (χ0n) is 24.8. The maximum atomic E-state index is 13.9. The summed E-state index contributed by atoms with van der Waals surface area (Å²) in [7, 11) is 0. The Bertz CT molecular complexity index is 1390. The molecule has 0 bridgehead atoms. The molecule has 3 aliphatic rings. The van der Waals surface area contributed by atoms with Gasteiger partial charge < -0.3 is 20.6 Å². The lowest BCUT2D eigenvalue weighted by Crippen LogP contribution is -2.49. The van der Waals surface area contributed by atoms with E-state index < -0.39 is 12.1 Å². The van der Waals surface area contributed by atoms with Gasteiger partial charge in [-0.1, -0.05) is 67.4 Å². The quantitative estimate of drug-likeness (QED) is 0.256. The van der Waals surface area contributed by atoms with E-state index in [1.54, 1.807) is 0 Å². The Labute approximate surface area is 261 Å². The zero-order chi connectivity index (χ0) is 28.9. The van der Waals surface area contributed by atoms with Gasteiger partial charge in [0.2, 0.25) is 5.91 Å². The molecule has 1 aliphatic heterocycles. The molecular weight excluding hydrogens is 558 g/mol. The van der Waals surface area contributed by atoms with Crippen molar-refractivity contribution in [1.29, 1.82) is 0 Å². The van der Waals surface area contributed by atoms with Gasteiger partial charge in [-0.2, -0.15) is 0 Å². The monoisotopic (exact) mass is 601 g/mol. The number of carbonyl (C=O) groups is 2. The first-order chi connectivity index (χ1) is 20.5. The standard InChI is InChI=1S/C36H43N3O3.ClH/c40-34(24-37-32-17-8-15-27-14-6-7-16-31(27)32)33(20-25-10-2-1-3-11-25)38-36(42)29-21-28(26-12-4-5-13-26)22-30(23-29)39-19-9-18-35(39)41;/h1-3,6-7,10-11,14,16,21-23,26,32-34,37,40H,4-5,8-9,12-13,15,17-20,24H2,(H,38,42);1H/t32?,33-,34+;/m0./s1. The molecule has 1 unspecified atom stereocenters. The number of nitrogens with zero attached hydrogens (tertiary/aromatic N) is 1. The molecule has 228 valence electrons. The number of aryl methyl sites for hydroxylation is 1. The van der Waals surface area contributed by atoms with Gasteiger partial charge in [0.1, 0.15) is 0 Å². The molecule has 6 rings (SSSR count). The predicted molar refractivity (Wildman–Crippen MR) is 174 cm³/mol. The molecule has 3 atom stereocenters. The van der Waals surface area contributed by atoms with Crippen LogP contribution in [0, 0.1) is 0 Å². The molecule has 1 heterocycles. The Kier molecular flexibility index (Phi) is 10.6. The van der Waals surface area contributed by atoms with Crippen LogP contribution in [0.5, 0.6) is 0 Å². The summed E-state index contributed by atoms with van der Waals surface area (Å²) in [6.45, 7) is 1.08. The van der Waals surface area contributed by atoms with Crippen molar-refractivity contribution in [3.8, 4) is 0 Å². The van der Waals surface area contributed by atoms with Gasteiger partial charge in [-0.3, -0.25) is 9.59 Å². The molecule has 7 heteroatoms. The van der Waals surface area contributed by atoms with Crippen molar-refractivity contribution in [1.82, 2.24) is 10.6 Å². The topological polar surface area (TPSA) is 81.7 Å². The summed E-state index contributed by atoms with van der Waals surface area (Å²) >= 11 is 0. The summed E-state index contributed by atoms with van der Waals surface area (Å²) in [5.74, 6) is 0.339. The van der Waals surface area contributed by atoms with Gasteiger partial charge in [0.15, 0.2) is 0 Å². The first-order valence-electron chi connectivity index (χ1n) is 15.8. The van der Waals surface area contributed by atoms with E-state index in [0.717, 1.165) is 55.3 Å². The van der Waals surface area contributed by atoms with E-state index in [0.29, 0.717) is 37.4 Å². The highest BCUT2D eigenvalue weighted by molar-refractivity contribution is 5.99. The summed E-state index contributed by atoms with van der Waals surface area (Å²) < 4.78 is 0. The van der Waals surface area contributed by atoms with E-state index in [1.165, 1.54) is 24.0 Å². The number of halogens is 1. The molecule has 0 radical (unpaired) electrons. The van der Waals surface area contributed by atoms with Crippen molar-refractivity contribution >= 4 is 29.9 Å². The molecular formula is C36H44ClN3O3. The van der Waals surface area contributed by atoms with E-state index in [9.17, 15) is 14.7 Å². The number of anilines is 1. The van der Waals surface area contributed by atoms with Crippen LogP contribution in [0.25, 0.3) is 0 Å². The average molecular weight is 602 g/mol. The molecule has 2 aliphatic carbocycles. The van der Waals surface area contributed by atoms with Crippen molar-refractivity contribution in [2.24, 2.45) is 0 Å². The van der Waals surface area contributed by atoms with Gasteiger partial charge in [-0.05, 0) is 91.3 Å². The SMILES string of the molecule is Cl.O=C(N[C@@H](Cc1ccccc1)[C@H](O)CNC1CCCc2ccccc21)c1cc(C2CCCC2)cc(N2CCCC2=O)c1. The third-order valence-corrected chi connectivity index (χ3v) is 9.44. The van der Waals surface area contributed by atoms with Crippen LogP contribution < -0.4 is 15.5 Å². The fourth-order valence-corrected chi connectivity index (χ4v) is 7.11. The maximum Gasteiger partial charge on any atom is 0.251 e. The molecule has 3 aromatic carbocycles. The van der Waals surface area contributed by atoms with Gasteiger partial charge in [-0.25, -0.2) is 0 Å². The molecule has 43 heavy (non-hydrogen) atoms. The number of amides is 2. The number of fused-ring (bicyclic) bond motifs is 1. The molecule has 3 N–H and O–H groups in total. The molecule has 0 aromatic heterocycles. The number of nitrogens with one attached hydrogen (secondary N) is 2. The number of aliphatic hydroxyl groups excluding tert-OH is 1. The molecule has 2 amide bonds. The molecule has 3 aromatic rings. The van der Waals surface area contributed by atoms with Gasteiger partial charge in [-0.15, -0.1) is 12.4 Å². The fourth-order valence-electron chi connectivity index (χ4n) is 7.11. The van der Waals surface area contributed by atoms with Crippen LogP contribution in [0.15, 0.2) is 72.8 Å². The fraction of sp³-hybridized carbons (Fsp3) is 0.444. The Balaban J connectivity index is 0.00000368. The Morgan fingerprint density at radius 2 is 1.67 bits per heavy atom. The van der Waals surface area contributed by atoms with E-state index in [4.69, 9.17) is 0 Å². The minimum absolute atomic E-state index is 0. The van der Waals surface area contributed by atoms with E-state index >= 15 is 0 Å². The minimum atomic E-state index is -0.777. The van der Waals surface area contributed by atoms with Crippen LogP contribution in [-0.2, 0) is 17.6 Å². The first-order valence-corrected chi connectivity index (χ1v) is 15.8.